The summed E-state index contributed by atoms with van der Waals surface area (Å²) in [5, 5.41) is 2.42. The van der Waals surface area contributed by atoms with Crippen LogP contribution in [0, 0.1) is 17.5 Å². The smallest absolute Gasteiger partial charge is 0.466 e. The summed E-state index contributed by atoms with van der Waals surface area (Å²) in [7, 11) is 1.08. The summed E-state index contributed by atoms with van der Waals surface area (Å²) in [4.78, 5) is 58.6. The van der Waals surface area contributed by atoms with E-state index in [1.54, 1.807) is 0 Å². The Morgan fingerprint density at radius 1 is 1.12 bits per heavy atom. The van der Waals surface area contributed by atoms with Gasteiger partial charge in [0, 0.05) is 17.3 Å². The Labute approximate surface area is 226 Å². The minimum Gasteiger partial charge on any atom is -0.466 e. The molecule has 1 heterocycles. The number of fused-ring (bicyclic) bond motifs is 1. The van der Waals surface area contributed by atoms with Crippen molar-refractivity contribution in [1.82, 2.24) is 15.3 Å². The van der Waals surface area contributed by atoms with E-state index in [0.29, 0.717) is 17.1 Å². The Bertz CT molecular complexity index is 1430. The Balaban J connectivity index is 2.15. The van der Waals surface area contributed by atoms with Crippen LogP contribution >= 0.6 is 0 Å². The first-order valence-electron chi connectivity index (χ1n) is 12.0. The molecule has 40 heavy (non-hydrogen) atoms. The van der Waals surface area contributed by atoms with Crippen molar-refractivity contribution >= 4 is 40.7 Å². The SMILES string of the molecule is CCOC(=O)CC(=O)N(c1ccc2[nH]cnc2c1)C(C(=O)NCC(C)(C)OC(=O)OC)c1cc(F)cc(F)c1F. The van der Waals surface area contributed by atoms with Crippen LogP contribution < -0.4 is 10.2 Å². The maximum absolute atomic E-state index is 15.2. The molecule has 0 bridgehead atoms. The number of H-pyrrole nitrogens is 1. The molecular formula is C26H27F3N4O7. The van der Waals surface area contributed by atoms with Crippen molar-refractivity contribution in [2.24, 2.45) is 0 Å². The number of aromatic amines is 1. The van der Waals surface area contributed by atoms with Crippen molar-refractivity contribution in [2.45, 2.75) is 38.8 Å². The van der Waals surface area contributed by atoms with Gasteiger partial charge in [0.2, 0.25) is 11.8 Å². The lowest BCUT2D eigenvalue weighted by Gasteiger charge is -2.33. The van der Waals surface area contributed by atoms with Gasteiger partial charge in [-0.2, -0.15) is 0 Å². The first-order valence-corrected chi connectivity index (χ1v) is 12.0. The molecule has 3 aromatic rings. The molecule has 0 saturated carbocycles. The number of ether oxygens (including phenoxy) is 3. The van der Waals surface area contributed by atoms with Gasteiger partial charge in [-0.1, -0.05) is 0 Å². The minimum absolute atomic E-state index is 0.0387. The van der Waals surface area contributed by atoms with Crippen molar-refractivity contribution in [1.29, 1.82) is 0 Å². The van der Waals surface area contributed by atoms with E-state index < -0.39 is 65.0 Å². The molecule has 1 atom stereocenters. The number of esters is 1. The highest BCUT2D eigenvalue weighted by Crippen LogP contribution is 2.33. The van der Waals surface area contributed by atoms with Gasteiger partial charge in [0.1, 0.15) is 23.9 Å². The first-order chi connectivity index (χ1) is 18.9. The molecule has 0 fully saturated rings. The number of methoxy groups -OCH3 is 1. The summed E-state index contributed by atoms with van der Waals surface area (Å²) >= 11 is 0. The summed E-state index contributed by atoms with van der Waals surface area (Å²) in [5.74, 6) is -7.52. The molecule has 0 aliphatic heterocycles. The molecule has 2 aromatic carbocycles. The summed E-state index contributed by atoms with van der Waals surface area (Å²) < 4.78 is 58.2. The van der Waals surface area contributed by atoms with Crippen LogP contribution in [-0.4, -0.2) is 59.8 Å². The molecule has 14 heteroatoms. The summed E-state index contributed by atoms with van der Waals surface area (Å²) in [5.41, 5.74) is -1.34. The van der Waals surface area contributed by atoms with Gasteiger partial charge >= 0.3 is 12.1 Å². The number of nitrogens with zero attached hydrogens (tertiary/aromatic N) is 2. The van der Waals surface area contributed by atoms with Crippen LogP contribution in [0.3, 0.4) is 0 Å². The number of hydrogen-bond acceptors (Lipinski definition) is 8. The largest absolute Gasteiger partial charge is 0.508 e. The third-order valence-corrected chi connectivity index (χ3v) is 5.59. The fourth-order valence-corrected chi connectivity index (χ4v) is 3.80. The molecule has 0 aliphatic carbocycles. The highest BCUT2D eigenvalue weighted by molar-refractivity contribution is 6.08. The molecule has 11 nitrogen and oxygen atoms in total. The van der Waals surface area contributed by atoms with Crippen molar-refractivity contribution in [3.8, 4) is 0 Å². The van der Waals surface area contributed by atoms with E-state index in [0.717, 1.165) is 12.0 Å². The highest BCUT2D eigenvalue weighted by Gasteiger charge is 2.38. The van der Waals surface area contributed by atoms with Crippen molar-refractivity contribution in [3.63, 3.8) is 0 Å². The van der Waals surface area contributed by atoms with Gasteiger partial charge in [-0.3, -0.25) is 19.3 Å². The molecule has 3 rings (SSSR count). The number of halogens is 3. The minimum atomic E-state index is -2.03. The topological polar surface area (TPSA) is 140 Å². The second-order valence-electron chi connectivity index (χ2n) is 9.08. The molecular weight excluding hydrogens is 537 g/mol. The predicted octanol–water partition coefficient (Wildman–Crippen LogP) is 3.69. The second kappa shape index (κ2) is 12.5. The summed E-state index contributed by atoms with van der Waals surface area (Å²) in [6, 6.07) is 3.07. The standard InChI is InChI=1S/C26H27F3N4O7/c1-5-39-21(35)11-20(34)33(15-6-7-18-19(10-15)32-13-31-18)23(16-8-14(27)9-17(28)22(16)29)24(36)30-12-26(2,3)40-25(37)38-4/h6-10,13,23H,5,11-12H2,1-4H3,(H,30,36)(H,31,32). The molecule has 0 saturated heterocycles. The van der Waals surface area contributed by atoms with Crippen molar-refractivity contribution in [3.05, 3.63) is 59.7 Å². The number of hydrogen-bond donors (Lipinski definition) is 2. The molecule has 214 valence electrons. The number of anilines is 1. The van der Waals surface area contributed by atoms with Crippen molar-refractivity contribution < 1.29 is 46.6 Å². The van der Waals surface area contributed by atoms with Crippen LogP contribution in [0.4, 0.5) is 23.7 Å². The molecule has 1 unspecified atom stereocenters. The molecule has 0 spiro atoms. The van der Waals surface area contributed by atoms with E-state index in [-0.39, 0.29) is 24.9 Å². The monoisotopic (exact) mass is 564 g/mol. The van der Waals surface area contributed by atoms with Crippen LogP contribution in [0.5, 0.6) is 0 Å². The lowest BCUT2D eigenvalue weighted by Crippen LogP contribution is -2.49. The van der Waals surface area contributed by atoms with Gasteiger partial charge in [0.25, 0.3) is 0 Å². The first kappa shape index (κ1) is 29.9. The Kier molecular flexibility index (Phi) is 9.35. The highest BCUT2D eigenvalue weighted by atomic mass is 19.2. The average molecular weight is 565 g/mol. The zero-order valence-corrected chi connectivity index (χ0v) is 22.0. The van der Waals surface area contributed by atoms with E-state index in [1.807, 2.05) is 0 Å². The van der Waals surface area contributed by atoms with Crippen molar-refractivity contribution in [2.75, 3.05) is 25.2 Å². The number of imidazole rings is 1. The zero-order valence-electron chi connectivity index (χ0n) is 22.0. The zero-order chi connectivity index (χ0) is 29.6. The lowest BCUT2D eigenvalue weighted by molar-refractivity contribution is -0.146. The summed E-state index contributed by atoms with van der Waals surface area (Å²) in [6.45, 7) is 3.95. The van der Waals surface area contributed by atoms with E-state index in [4.69, 9.17) is 9.47 Å². The molecule has 1 aromatic heterocycles. The fraction of sp³-hybridized carbons (Fsp3) is 0.346. The number of aromatic nitrogens is 2. The predicted molar refractivity (Wildman–Crippen MR) is 134 cm³/mol. The van der Waals surface area contributed by atoms with Gasteiger partial charge in [0.05, 0.1) is 37.6 Å². The Hall–Kier alpha value is -4.62. The number of carbonyl (C=O) groups is 4. The van der Waals surface area contributed by atoms with E-state index >= 15 is 4.39 Å². The third-order valence-electron chi connectivity index (χ3n) is 5.59. The van der Waals surface area contributed by atoms with Crippen LogP contribution in [0.25, 0.3) is 11.0 Å². The molecule has 2 N–H and O–H groups in total. The maximum Gasteiger partial charge on any atom is 0.508 e. The summed E-state index contributed by atoms with van der Waals surface area (Å²) in [6.07, 6.45) is -0.561. The fourth-order valence-electron chi connectivity index (χ4n) is 3.80. The third kappa shape index (κ3) is 7.07. The second-order valence-corrected chi connectivity index (χ2v) is 9.08. The van der Waals surface area contributed by atoms with Crippen LogP contribution in [0.15, 0.2) is 36.7 Å². The van der Waals surface area contributed by atoms with Crippen LogP contribution in [0.1, 0.15) is 38.8 Å². The normalized spacial score (nSPS) is 12.0. The van der Waals surface area contributed by atoms with Crippen LogP contribution in [-0.2, 0) is 28.6 Å². The van der Waals surface area contributed by atoms with Gasteiger partial charge in [-0.25, -0.2) is 22.9 Å². The molecule has 0 aliphatic rings. The van der Waals surface area contributed by atoms with Gasteiger partial charge in [-0.05, 0) is 45.0 Å². The maximum atomic E-state index is 15.2. The number of nitrogens with one attached hydrogen (secondary N) is 2. The van der Waals surface area contributed by atoms with E-state index in [9.17, 15) is 28.0 Å². The van der Waals surface area contributed by atoms with Gasteiger partial charge in [0.15, 0.2) is 11.6 Å². The van der Waals surface area contributed by atoms with E-state index in [1.165, 1.54) is 45.3 Å². The van der Waals surface area contributed by atoms with Gasteiger partial charge in [-0.15, -0.1) is 0 Å². The lowest BCUT2D eigenvalue weighted by atomic mass is 10.0. The number of rotatable bonds is 10. The number of carbonyl (C=O) groups excluding carboxylic acids is 4. The van der Waals surface area contributed by atoms with Gasteiger partial charge < -0.3 is 24.5 Å². The van der Waals surface area contributed by atoms with E-state index in [2.05, 4.69) is 20.0 Å². The molecule has 2 amide bonds. The Morgan fingerprint density at radius 3 is 2.52 bits per heavy atom. The molecule has 0 radical (unpaired) electrons. The van der Waals surface area contributed by atoms with Crippen LogP contribution in [0.2, 0.25) is 0 Å². The average Bonchev–Trinajstić information content (AvgIpc) is 3.35. The number of benzene rings is 2. The number of amides is 2. The Morgan fingerprint density at radius 2 is 1.85 bits per heavy atom. The quantitative estimate of drug-likeness (QED) is 0.216.